The third-order valence-electron chi connectivity index (χ3n) is 5.52. The van der Waals surface area contributed by atoms with Crippen LogP contribution >= 0.6 is 0 Å². The number of hydrogen-bond donors (Lipinski definition) is 2. The van der Waals surface area contributed by atoms with Crippen LogP contribution in [0.25, 0.3) is 0 Å². The lowest BCUT2D eigenvalue weighted by Crippen LogP contribution is -2.33. The molecule has 0 radical (unpaired) electrons. The Bertz CT molecular complexity index is 1240. The number of nitrogens with one attached hydrogen (secondary N) is 1. The molecule has 1 aliphatic rings. The van der Waals surface area contributed by atoms with Crippen LogP contribution in [0, 0.1) is 5.92 Å². The van der Waals surface area contributed by atoms with E-state index in [-0.39, 0.29) is 30.4 Å². The van der Waals surface area contributed by atoms with Crippen molar-refractivity contribution < 1.29 is 23.6 Å². The first-order valence-corrected chi connectivity index (χ1v) is 10.7. The standard InChI is InChI=1S/C25H24N4O5/c1-29-21-13-17(24(31)27-26)10-11-23(21)33-15-18(25(29)32)8-5-9-22(30)20-14-19(34-28-20)12-16-6-3-2-4-7-16/h2-8,10-11,13-14,18H,9,12,15,26H2,1H3,(H,27,31)/b8-5+/t18-/m0/s1. The molecule has 1 aromatic heterocycles. The number of hydrogen-bond acceptors (Lipinski definition) is 7. The Kier molecular flexibility index (Phi) is 6.84. The Morgan fingerprint density at radius 1 is 1.21 bits per heavy atom. The number of carbonyl (C=O) groups is 3. The first-order chi connectivity index (χ1) is 16.5. The number of amides is 2. The molecule has 174 valence electrons. The van der Waals surface area contributed by atoms with Crippen molar-refractivity contribution >= 4 is 23.3 Å². The zero-order chi connectivity index (χ0) is 24.1. The Hall–Kier alpha value is -4.24. The van der Waals surface area contributed by atoms with Crippen LogP contribution in [-0.4, -0.2) is 36.4 Å². The summed E-state index contributed by atoms with van der Waals surface area (Å²) in [5.74, 6) is 4.78. The molecule has 1 atom stereocenters. The smallest absolute Gasteiger partial charge is 0.265 e. The maximum Gasteiger partial charge on any atom is 0.265 e. The lowest BCUT2D eigenvalue weighted by molar-refractivity contribution is -0.121. The van der Waals surface area contributed by atoms with Crippen molar-refractivity contribution in [3.05, 3.63) is 89.3 Å². The van der Waals surface area contributed by atoms with E-state index in [0.717, 1.165) is 5.56 Å². The van der Waals surface area contributed by atoms with Gasteiger partial charge in [0.1, 0.15) is 23.8 Å². The van der Waals surface area contributed by atoms with E-state index >= 15 is 0 Å². The molecule has 0 fully saturated rings. The quantitative estimate of drug-likeness (QED) is 0.182. The van der Waals surface area contributed by atoms with Gasteiger partial charge in [-0.1, -0.05) is 47.6 Å². The van der Waals surface area contributed by atoms with Gasteiger partial charge in [0.2, 0.25) is 5.91 Å². The van der Waals surface area contributed by atoms with Crippen molar-refractivity contribution in [1.29, 1.82) is 0 Å². The fraction of sp³-hybridized carbons (Fsp3) is 0.200. The van der Waals surface area contributed by atoms with Gasteiger partial charge in [-0.3, -0.25) is 19.8 Å². The van der Waals surface area contributed by atoms with Crippen LogP contribution in [0.4, 0.5) is 5.69 Å². The second-order valence-corrected chi connectivity index (χ2v) is 7.87. The summed E-state index contributed by atoms with van der Waals surface area (Å²) in [6, 6.07) is 16.1. The van der Waals surface area contributed by atoms with Gasteiger partial charge in [-0.05, 0) is 23.8 Å². The Balaban J connectivity index is 1.39. The number of ether oxygens (including phenoxy) is 1. The molecule has 0 bridgehead atoms. The Labute approximate surface area is 196 Å². The number of rotatable bonds is 7. The van der Waals surface area contributed by atoms with E-state index in [2.05, 4.69) is 10.6 Å². The van der Waals surface area contributed by atoms with Gasteiger partial charge in [0, 0.05) is 31.5 Å². The predicted octanol–water partition coefficient (Wildman–Crippen LogP) is 2.67. The van der Waals surface area contributed by atoms with E-state index in [9.17, 15) is 14.4 Å². The molecule has 34 heavy (non-hydrogen) atoms. The van der Waals surface area contributed by atoms with Crippen LogP contribution in [0.5, 0.6) is 5.75 Å². The van der Waals surface area contributed by atoms with Crippen molar-refractivity contribution in [1.82, 2.24) is 10.6 Å². The van der Waals surface area contributed by atoms with E-state index in [0.29, 0.717) is 29.2 Å². The summed E-state index contributed by atoms with van der Waals surface area (Å²) in [6.45, 7) is 0.106. The monoisotopic (exact) mass is 460 g/mol. The lowest BCUT2D eigenvalue weighted by atomic mass is 10.1. The molecule has 4 rings (SSSR count). The van der Waals surface area contributed by atoms with Gasteiger partial charge in [0.25, 0.3) is 5.91 Å². The molecule has 0 unspecified atom stereocenters. The van der Waals surface area contributed by atoms with Crippen molar-refractivity contribution in [2.75, 3.05) is 18.6 Å². The molecule has 2 amide bonds. The molecule has 2 heterocycles. The first kappa shape index (κ1) is 22.9. The number of carbonyl (C=O) groups excluding carboxylic acids is 3. The predicted molar refractivity (Wildman–Crippen MR) is 124 cm³/mol. The molecular weight excluding hydrogens is 436 g/mol. The number of benzene rings is 2. The van der Waals surface area contributed by atoms with Gasteiger partial charge in [0.15, 0.2) is 5.78 Å². The van der Waals surface area contributed by atoms with Gasteiger partial charge in [-0.25, -0.2) is 5.84 Å². The number of nitrogen functional groups attached to an aromatic ring is 1. The van der Waals surface area contributed by atoms with Crippen molar-refractivity contribution in [2.45, 2.75) is 12.8 Å². The highest BCUT2D eigenvalue weighted by molar-refractivity contribution is 6.01. The maximum absolute atomic E-state index is 12.9. The largest absolute Gasteiger partial charge is 0.490 e. The highest BCUT2D eigenvalue weighted by atomic mass is 16.5. The zero-order valence-electron chi connectivity index (χ0n) is 18.6. The van der Waals surface area contributed by atoms with Gasteiger partial charge < -0.3 is 14.2 Å². The van der Waals surface area contributed by atoms with Crippen LogP contribution in [0.15, 0.2) is 71.3 Å². The number of nitrogens with two attached hydrogens (primary N) is 1. The maximum atomic E-state index is 12.9. The summed E-state index contributed by atoms with van der Waals surface area (Å²) >= 11 is 0. The fourth-order valence-corrected chi connectivity index (χ4v) is 3.65. The number of hydrazine groups is 1. The van der Waals surface area contributed by atoms with Crippen LogP contribution < -0.4 is 20.9 Å². The molecular formula is C25H24N4O5. The lowest BCUT2D eigenvalue weighted by Gasteiger charge is -2.18. The van der Waals surface area contributed by atoms with E-state index in [1.54, 1.807) is 43.5 Å². The van der Waals surface area contributed by atoms with E-state index < -0.39 is 11.8 Å². The minimum Gasteiger partial charge on any atom is -0.490 e. The summed E-state index contributed by atoms with van der Waals surface area (Å²) in [4.78, 5) is 38.7. The molecule has 2 aromatic carbocycles. The SMILES string of the molecule is CN1C(=O)[C@@H](/C=C/CC(=O)c2cc(Cc3ccccc3)on2)COc2ccc(C(=O)NN)cc21. The van der Waals surface area contributed by atoms with Crippen molar-refractivity contribution in [3.63, 3.8) is 0 Å². The third kappa shape index (κ3) is 5.05. The number of allylic oxidation sites excluding steroid dienone is 1. The van der Waals surface area contributed by atoms with Crippen LogP contribution in [0.1, 0.15) is 38.6 Å². The summed E-state index contributed by atoms with van der Waals surface area (Å²) in [5.41, 5.74) is 4.14. The van der Waals surface area contributed by atoms with E-state index in [1.807, 2.05) is 30.3 Å². The van der Waals surface area contributed by atoms with Crippen LogP contribution in [0.2, 0.25) is 0 Å². The van der Waals surface area contributed by atoms with Gasteiger partial charge >= 0.3 is 0 Å². The highest BCUT2D eigenvalue weighted by Crippen LogP contribution is 2.33. The Morgan fingerprint density at radius 2 is 2.00 bits per heavy atom. The van der Waals surface area contributed by atoms with Gasteiger partial charge in [0.05, 0.1) is 11.6 Å². The molecule has 0 saturated heterocycles. The number of anilines is 1. The highest BCUT2D eigenvalue weighted by Gasteiger charge is 2.28. The molecule has 3 aromatic rings. The molecule has 0 spiro atoms. The van der Waals surface area contributed by atoms with E-state index in [4.69, 9.17) is 15.1 Å². The first-order valence-electron chi connectivity index (χ1n) is 10.7. The minimum absolute atomic E-state index is 0.0680. The molecule has 0 saturated carbocycles. The van der Waals surface area contributed by atoms with Crippen molar-refractivity contribution in [3.8, 4) is 5.75 Å². The minimum atomic E-state index is -0.595. The number of aromatic nitrogens is 1. The van der Waals surface area contributed by atoms with Gasteiger partial charge in [-0.2, -0.15) is 0 Å². The average molecular weight is 460 g/mol. The summed E-state index contributed by atoms with van der Waals surface area (Å²) in [6.07, 6.45) is 3.91. The normalized spacial score (nSPS) is 15.5. The topological polar surface area (TPSA) is 128 Å². The fourth-order valence-electron chi connectivity index (χ4n) is 3.65. The molecule has 3 N–H and O–H groups in total. The molecule has 1 aliphatic heterocycles. The van der Waals surface area contributed by atoms with Crippen LogP contribution in [0.3, 0.4) is 0 Å². The number of nitrogens with zero attached hydrogens (tertiary/aromatic N) is 2. The molecule has 9 heteroatoms. The van der Waals surface area contributed by atoms with Crippen LogP contribution in [-0.2, 0) is 11.2 Å². The molecule has 0 aliphatic carbocycles. The third-order valence-corrected chi connectivity index (χ3v) is 5.52. The number of Topliss-reactive ketones (excluding diaryl/α,β-unsaturated/α-hetero) is 1. The summed E-state index contributed by atoms with van der Waals surface area (Å²) < 4.78 is 11.1. The second kappa shape index (κ2) is 10.1. The summed E-state index contributed by atoms with van der Waals surface area (Å²) in [5, 5.41) is 3.88. The van der Waals surface area contributed by atoms with E-state index in [1.165, 1.54) is 4.90 Å². The Morgan fingerprint density at radius 3 is 2.76 bits per heavy atom. The molecule has 9 nitrogen and oxygen atoms in total. The zero-order valence-corrected chi connectivity index (χ0v) is 18.6. The van der Waals surface area contributed by atoms with Gasteiger partial charge in [-0.15, -0.1) is 0 Å². The number of fused-ring (bicyclic) bond motifs is 1. The second-order valence-electron chi connectivity index (χ2n) is 7.87. The number of ketones is 1. The van der Waals surface area contributed by atoms with Crippen molar-refractivity contribution in [2.24, 2.45) is 11.8 Å². The average Bonchev–Trinajstić information content (AvgIpc) is 3.29. The summed E-state index contributed by atoms with van der Waals surface area (Å²) in [7, 11) is 1.61.